The van der Waals surface area contributed by atoms with E-state index in [0.29, 0.717) is 0 Å². The Balaban J connectivity index is 2.53. The molecule has 0 fully saturated rings. The summed E-state index contributed by atoms with van der Waals surface area (Å²) in [4.78, 5) is 6.99. The van der Waals surface area contributed by atoms with Gasteiger partial charge in [-0.2, -0.15) is 0 Å². The van der Waals surface area contributed by atoms with Crippen LogP contribution in [0.4, 0.5) is 0 Å². The van der Waals surface area contributed by atoms with Crippen LogP contribution in [0.15, 0.2) is 18.7 Å². The number of aromatic nitrogens is 6. The SMILES string of the molecule is Cc1ncnn1-n1ccnn1. The van der Waals surface area contributed by atoms with Gasteiger partial charge in [-0.15, -0.1) is 19.8 Å². The lowest BCUT2D eigenvalue weighted by Crippen LogP contribution is -2.13. The van der Waals surface area contributed by atoms with Gasteiger partial charge in [0.1, 0.15) is 12.2 Å². The first kappa shape index (κ1) is 6.02. The fourth-order valence-corrected chi connectivity index (χ4v) is 0.798. The minimum atomic E-state index is 0.774. The molecular formula is C5H6N6. The monoisotopic (exact) mass is 150 g/mol. The molecule has 6 nitrogen and oxygen atoms in total. The van der Waals surface area contributed by atoms with E-state index in [1.165, 1.54) is 11.1 Å². The quantitative estimate of drug-likeness (QED) is 0.549. The zero-order chi connectivity index (χ0) is 7.68. The molecule has 0 aliphatic carbocycles. The number of rotatable bonds is 1. The molecule has 0 unspecified atom stereocenters. The highest BCUT2D eigenvalue weighted by Gasteiger charge is 1.98. The lowest BCUT2D eigenvalue weighted by Gasteiger charge is -1.97. The molecule has 2 heterocycles. The van der Waals surface area contributed by atoms with Crippen molar-refractivity contribution < 1.29 is 0 Å². The number of nitrogens with zero attached hydrogens (tertiary/aromatic N) is 6. The summed E-state index contributed by atoms with van der Waals surface area (Å²) < 4.78 is 0. The van der Waals surface area contributed by atoms with Gasteiger partial charge in [0.15, 0.2) is 0 Å². The fourth-order valence-electron chi connectivity index (χ4n) is 0.798. The van der Waals surface area contributed by atoms with Crippen LogP contribution in [0.25, 0.3) is 0 Å². The normalized spacial score (nSPS) is 10.3. The second kappa shape index (κ2) is 2.15. The molecule has 2 rings (SSSR count). The van der Waals surface area contributed by atoms with Crippen molar-refractivity contribution in [3.05, 3.63) is 24.5 Å². The van der Waals surface area contributed by atoms with Gasteiger partial charge >= 0.3 is 0 Å². The van der Waals surface area contributed by atoms with E-state index in [1.54, 1.807) is 17.2 Å². The molecule has 0 saturated carbocycles. The van der Waals surface area contributed by atoms with Crippen LogP contribution in [0, 0.1) is 6.92 Å². The van der Waals surface area contributed by atoms with E-state index in [2.05, 4.69) is 20.4 Å². The van der Waals surface area contributed by atoms with Crippen molar-refractivity contribution in [3.8, 4) is 0 Å². The van der Waals surface area contributed by atoms with Crippen LogP contribution in [-0.4, -0.2) is 30.0 Å². The number of aryl methyl sites for hydroxylation is 1. The lowest BCUT2D eigenvalue weighted by atomic mass is 10.7. The second-order valence-electron chi connectivity index (χ2n) is 2.02. The molecule has 56 valence electrons. The van der Waals surface area contributed by atoms with Gasteiger partial charge in [-0.25, -0.2) is 4.98 Å². The first-order valence-corrected chi connectivity index (χ1v) is 3.11. The molecule has 0 aromatic carbocycles. The van der Waals surface area contributed by atoms with E-state index < -0.39 is 0 Å². The Bertz CT molecular complexity index is 333. The third-order valence-electron chi connectivity index (χ3n) is 1.30. The van der Waals surface area contributed by atoms with Gasteiger partial charge in [0.05, 0.1) is 12.4 Å². The Hall–Kier alpha value is -1.72. The van der Waals surface area contributed by atoms with Crippen molar-refractivity contribution in [1.29, 1.82) is 0 Å². The summed E-state index contributed by atoms with van der Waals surface area (Å²) >= 11 is 0. The van der Waals surface area contributed by atoms with E-state index in [4.69, 9.17) is 0 Å². The van der Waals surface area contributed by atoms with E-state index in [1.807, 2.05) is 6.92 Å². The van der Waals surface area contributed by atoms with E-state index >= 15 is 0 Å². The van der Waals surface area contributed by atoms with Crippen molar-refractivity contribution in [2.24, 2.45) is 0 Å². The van der Waals surface area contributed by atoms with Gasteiger partial charge in [0.25, 0.3) is 0 Å². The van der Waals surface area contributed by atoms with E-state index in [-0.39, 0.29) is 0 Å². The van der Waals surface area contributed by atoms with Crippen molar-refractivity contribution in [2.45, 2.75) is 6.92 Å². The maximum atomic E-state index is 3.94. The number of hydrogen-bond acceptors (Lipinski definition) is 4. The average molecular weight is 150 g/mol. The summed E-state index contributed by atoms with van der Waals surface area (Å²) in [6.07, 6.45) is 4.75. The molecule has 0 atom stereocenters. The summed E-state index contributed by atoms with van der Waals surface area (Å²) in [6.45, 7) is 1.84. The zero-order valence-electron chi connectivity index (χ0n) is 5.92. The third kappa shape index (κ3) is 0.878. The van der Waals surface area contributed by atoms with Gasteiger partial charge in [-0.3, -0.25) is 0 Å². The standard InChI is InChI=1S/C5H6N6/c1-5-6-4-8-11(5)10-3-2-7-9-10/h2-4H,1H3. The summed E-state index contributed by atoms with van der Waals surface area (Å²) in [5.74, 6) is 0.774. The Morgan fingerprint density at radius 2 is 2.36 bits per heavy atom. The first-order chi connectivity index (χ1) is 5.38. The van der Waals surface area contributed by atoms with Crippen molar-refractivity contribution in [3.63, 3.8) is 0 Å². The summed E-state index contributed by atoms with van der Waals surface area (Å²) in [5.41, 5.74) is 0. The fraction of sp³-hybridized carbons (Fsp3) is 0.200. The van der Waals surface area contributed by atoms with E-state index in [9.17, 15) is 0 Å². The van der Waals surface area contributed by atoms with Crippen LogP contribution in [0.1, 0.15) is 5.82 Å². The topological polar surface area (TPSA) is 61.4 Å². The molecule has 0 radical (unpaired) electrons. The van der Waals surface area contributed by atoms with Crippen LogP contribution >= 0.6 is 0 Å². The predicted octanol–water partition coefficient (Wildman–Crippen LogP) is -0.511. The molecule has 2 aromatic heterocycles. The highest BCUT2D eigenvalue weighted by molar-refractivity contribution is 4.79. The van der Waals surface area contributed by atoms with Crippen LogP contribution in [0.5, 0.6) is 0 Å². The van der Waals surface area contributed by atoms with Crippen molar-refractivity contribution >= 4 is 0 Å². The molecule has 6 heteroatoms. The van der Waals surface area contributed by atoms with Crippen molar-refractivity contribution in [2.75, 3.05) is 0 Å². The summed E-state index contributed by atoms with van der Waals surface area (Å²) in [7, 11) is 0. The Morgan fingerprint density at radius 1 is 1.45 bits per heavy atom. The molecule has 11 heavy (non-hydrogen) atoms. The highest BCUT2D eigenvalue weighted by Crippen LogP contribution is 1.89. The van der Waals surface area contributed by atoms with Gasteiger partial charge < -0.3 is 0 Å². The Morgan fingerprint density at radius 3 is 2.91 bits per heavy atom. The minimum Gasteiger partial charge on any atom is -0.218 e. The highest BCUT2D eigenvalue weighted by atomic mass is 15.7. The van der Waals surface area contributed by atoms with Crippen molar-refractivity contribution in [1.82, 2.24) is 30.0 Å². The van der Waals surface area contributed by atoms with E-state index in [0.717, 1.165) is 5.82 Å². The van der Waals surface area contributed by atoms with Crippen LogP contribution in [0.2, 0.25) is 0 Å². The maximum Gasteiger partial charge on any atom is 0.149 e. The average Bonchev–Trinajstić information content (AvgIpc) is 2.55. The molecule has 0 aliphatic heterocycles. The molecule has 0 saturated heterocycles. The van der Waals surface area contributed by atoms with Crippen LogP contribution < -0.4 is 0 Å². The molecule has 0 amide bonds. The van der Waals surface area contributed by atoms with Crippen LogP contribution in [0.3, 0.4) is 0 Å². The Kier molecular flexibility index (Phi) is 1.18. The molecule has 2 aromatic rings. The molecular weight excluding hydrogens is 144 g/mol. The minimum absolute atomic E-state index is 0.774. The summed E-state index contributed by atoms with van der Waals surface area (Å²) in [5, 5.41) is 11.3. The first-order valence-electron chi connectivity index (χ1n) is 3.11. The molecule has 0 bridgehead atoms. The van der Waals surface area contributed by atoms with Gasteiger partial charge in [-0.1, -0.05) is 0 Å². The van der Waals surface area contributed by atoms with Gasteiger partial charge in [0.2, 0.25) is 0 Å². The molecule has 0 aliphatic rings. The number of hydrogen-bond donors (Lipinski definition) is 0. The zero-order valence-corrected chi connectivity index (χ0v) is 5.92. The molecule has 0 N–H and O–H groups in total. The Labute approximate surface area is 62.4 Å². The maximum absolute atomic E-state index is 3.94. The lowest BCUT2D eigenvalue weighted by molar-refractivity contribution is 0.476. The second-order valence-corrected chi connectivity index (χ2v) is 2.02. The van der Waals surface area contributed by atoms with Gasteiger partial charge in [-0.05, 0) is 12.1 Å². The van der Waals surface area contributed by atoms with Gasteiger partial charge in [0, 0.05) is 0 Å². The summed E-state index contributed by atoms with van der Waals surface area (Å²) in [6, 6.07) is 0. The molecule has 0 spiro atoms. The van der Waals surface area contributed by atoms with Crippen LogP contribution in [-0.2, 0) is 0 Å². The predicted molar refractivity (Wildman–Crippen MR) is 35.6 cm³/mol. The largest absolute Gasteiger partial charge is 0.218 e. The third-order valence-corrected chi connectivity index (χ3v) is 1.30. The smallest absolute Gasteiger partial charge is 0.149 e.